The molecular weight excluding hydrogens is 362 g/mol. The number of nitrogens with zero attached hydrogens (tertiary/aromatic N) is 1. The number of fused-ring (bicyclic) bond motifs is 2. The lowest BCUT2D eigenvalue weighted by Gasteiger charge is -2.25. The quantitative estimate of drug-likeness (QED) is 0.528. The number of para-hydroxylation sites is 2. The van der Waals surface area contributed by atoms with Crippen LogP contribution in [0, 0.1) is 0 Å². The Morgan fingerprint density at radius 2 is 1.38 bits per heavy atom. The molecule has 0 aliphatic carbocycles. The zero-order valence-electron chi connectivity index (χ0n) is 14.2. The van der Waals surface area contributed by atoms with Gasteiger partial charge in [-0.3, -0.25) is 9.69 Å². The van der Waals surface area contributed by atoms with Crippen LogP contribution in [0.2, 0.25) is 5.02 Å². The van der Waals surface area contributed by atoms with Gasteiger partial charge in [-0.2, -0.15) is 0 Å². The van der Waals surface area contributed by atoms with Crippen LogP contribution in [0.1, 0.15) is 11.1 Å². The molecule has 2 nitrogen and oxygen atoms in total. The molecule has 130 valence electrons. The molecule has 26 heavy (non-hydrogen) atoms. The molecule has 0 bridgehead atoms. The third-order valence-electron chi connectivity index (χ3n) is 4.55. The van der Waals surface area contributed by atoms with Crippen molar-refractivity contribution < 1.29 is 4.79 Å². The van der Waals surface area contributed by atoms with Gasteiger partial charge in [0.2, 0.25) is 5.91 Å². The highest BCUT2D eigenvalue weighted by Crippen LogP contribution is 2.36. The number of amides is 1. The van der Waals surface area contributed by atoms with Crippen LogP contribution in [0.25, 0.3) is 0 Å². The topological polar surface area (TPSA) is 20.3 Å². The van der Waals surface area contributed by atoms with Gasteiger partial charge in [0.05, 0.1) is 17.1 Å². The van der Waals surface area contributed by atoms with Gasteiger partial charge in [-0.05, 0) is 60.4 Å². The van der Waals surface area contributed by atoms with Gasteiger partial charge in [-0.1, -0.05) is 48.0 Å². The molecule has 4 rings (SSSR count). The minimum Gasteiger partial charge on any atom is -0.280 e. The highest BCUT2D eigenvalue weighted by Gasteiger charge is 2.25. The van der Waals surface area contributed by atoms with E-state index >= 15 is 0 Å². The number of carbonyl (C=O) groups excluding carboxylic acids is 1. The molecule has 3 aromatic rings. The van der Waals surface area contributed by atoms with Gasteiger partial charge in [0, 0.05) is 9.92 Å². The smallest absolute Gasteiger partial charge is 0.241 e. The summed E-state index contributed by atoms with van der Waals surface area (Å²) < 4.78 is 0. The number of aryl methyl sites for hydroxylation is 2. The van der Waals surface area contributed by atoms with Crippen LogP contribution in [-0.2, 0) is 17.6 Å². The lowest BCUT2D eigenvalue weighted by Crippen LogP contribution is -2.28. The van der Waals surface area contributed by atoms with Crippen molar-refractivity contribution in [2.75, 3.05) is 10.7 Å². The normalized spacial score (nSPS) is 12.9. The molecule has 0 spiro atoms. The molecule has 3 aromatic carbocycles. The Bertz CT molecular complexity index is 891. The predicted molar refractivity (Wildman–Crippen MR) is 110 cm³/mol. The van der Waals surface area contributed by atoms with Gasteiger partial charge in [0.15, 0.2) is 0 Å². The standard InChI is InChI=1S/C22H18ClNOS/c23-18-11-13-19(14-12-18)26-15-22(25)24-20-7-3-1-5-16(20)9-10-17-6-2-4-8-21(17)24/h1-8,11-14H,9-10,15H2. The van der Waals surface area contributed by atoms with E-state index in [4.69, 9.17) is 11.6 Å². The van der Waals surface area contributed by atoms with Crippen LogP contribution >= 0.6 is 23.4 Å². The minimum atomic E-state index is 0.0896. The summed E-state index contributed by atoms with van der Waals surface area (Å²) in [5.41, 5.74) is 4.43. The first-order chi connectivity index (χ1) is 12.7. The summed E-state index contributed by atoms with van der Waals surface area (Å²) in [6.07, 6.45) is 1.89. The maximum absolute atomic E-state index is 13.2. The van der Waals surface area contributed by atoms with Crippen molar-refractivity contribution in [2.24, 2.45) is 0 Å². The number of hydrogen-bond acceptors (Lipinski definition) is 2. The molecule has 0 fully saturated rings. The third-order valence-corrected chi connectivity index (χ3v) is 5.80. The van der Waals surface area contributed by atoms with Gasteiger partial charge in [-0.15, -0.1) is 11.8 Å². The molecule has 1 amide bonds. The van der Waals surface area contributed by atoms with E-state index in [-0.39, 0.29) is 5.91 Å². The lowest BCUT2D eigenvalue weighted by atomic mass is 10.0. The van der Waals surface area contributed by atoms with Crippen molar-refractivity contribution in [3.05, 3.63) is 88.9 Å². The van der Waals surface area contributed by atoms with Crippen molar-refractivity contribution in [2.45, 2.75) is 17.7 Å². The summed E-state index contributed by atoms with van der Waals surface area (Å²) in [6, 6.07) is 24.0. The van der Waals surface area contributed by atoms with Crippen molar-refractivity contribution in [1.82, 2.24) is 0 Å². The van der Waals surface area contributed by atoms with Crippen LogP contribution in [0.15, 0.2) is 77.7 Å². The van der Waals surface area contributed by atoms with E-state index in [1.54, 1.807) is 0 Å². The molecule has 0 saturated carbocycles. The second-order valence-corrected chi connectivity index (χ2v) is 7.71. The first kappa shape index (κ1) is 17.2. The van der Waals surface area contributed by atoms with E-state index < -0.39 is 0 Å². The largest absolute Gasteiger partial charge is 0.280 e. The maximum atomic E-state index is 13.2. The van der Waals surface area contributed by atoms with E-state index in [1.165, 1.54) is 22.9 Å². The predicted octanol–water partition coefficient (Wildman–Crippen LogP) is 5.90. The molecule has 1 aliphatic heterocycles. The molecule has 1 heterocycles. The Labute approximate surface area is 162 Å². The Hall–Kier alpha value is -2.23. The summed E-state index contributed by atoms with van der Waals surface area (Å²) >= 11 is 7.48. The van der Waals surface area contributed by atoms with E-state index in [0.717, 1.165) is 29.1 Å². The Kier molecular flexibility index (Phi) is 5.00. The van der Waals surface area contributed by atoms with Crippen LogP contribution in [0.5, 0.6) is 0 Å². The SMILES string of the molecule is O=C(CSc1ccc(Cl)cc1)N1c2ccccc2CCc2ccccc21. The van der Waals surface area contributed by atoms with Crippen molar-refractivity contribution in [1.29, 1.82) is 0 Å². The zero-order valence-corrected chi connectivity index (χ0v) is 15.8. The minimum absolute atomic E-state index is 0.0896. The number of rotatable bonds is 3. The van der Waals surface area contributed by atoms with Crippen molar-refractivity contribution in [3.63, 3.8) is 0 Å². The Morgan fingerprint density at radius 3 is 1.96 bits per heavy atom. The second-order valence-electron chi connectivity index (χ2n) is 6.23. The van der Waals surface area contributed by atoms with E-state index in [0.29, 0.717) is 10.8 Å². The molecule has 1 aliphatic rings. The van der Waals surface area contributed by atoms with Crippen molar-refractivity contribution >= 4 is 40.6 Å². The second kappa shape index (κ2) is 7.56. The number of halogens is 1. The van der Waals surface area contributed by atoms with Gasteiger partial charge in [-0.25, -0.2) is 0 Å². The lowest BCUT2D eigenvalue weighted by molar-refractivity contribution is -0.115. The first-order valence-corrected chi connectivity index (χ1v) is 9.96. The highest BCUT2D eigenvalue weighted by molar-refractivity contribution is 8.00. The number of thioether (sulfide) groups is 1. The summed E-state index contributed by atoms with van der Waals surface area (Å²) in [6.45, 7) is 0. The van der Waals surface area contributed by atoms with E-state index in [2.05, 4.69) is 12.1 Å². The summed E-state index contributed by atoms with van der Waals surface area (Å²) in [7, 11) is 0. The molecule has 0 unspecified atom stereocenters. The molecule has 0 aromatic heterocycles. The fraction of sp³-hybridized carbons (Fsp3) is 0.136. The average Bonchev–Trinajstić information content (AvgIpc) is 2.84. The highest BCUT2D eigenvalue weighted by atomic mass is 35.5. The maximum Gasteiger partial charge on any atom is 0.241 e. The number of carbonyl (C=O) groups is 1. The van der Waals surface area contributed by atoms with Gasteiger partial charge in [0.1, 0.15) is 0 Å². The van der Waals surface area contributed by atoms with Crippen LogP contribution < -0.4 is 4.90 Å². The molecule has 0 atom stereocenters. The van der Waals surface area contributed by atoms with Crippen LogP contribution in [0.3, 0.4) is 0 Å². The summed E-state index contributed by atoms with van der Waals surface area (Å²) in [4.78, 5) is 16.1. The molecular formula is C22H18ClNOS. The molecule has 0 radical (unpaired) electrons. The number of benzene rings is 3. The molecule has 0 saturated heterocycles. The fourth-order valence-corrected chi connectivity index (χ4v) is 4.16. The third kappa shape index (κ3) is 3.50. The van der Waals surface area contributed by atoms with E-state index in [1.807, 2.05) is 65.6 Å². The first-order valence-electron chi connectivity index (χ1n) is 8.59. The number of hydrogen-bond donors (Lipinski definition) is 0. The number of anilines is 2. The fourth-order valence-electron chi connectivity index (χ4n) is 3.29. The Morgan fingerprint density at radius 1 is 0.846 bits per heavy atom. The molecule has 0 N–H and O–H groups in total. The van der Waals surface area contributed by atoms with E-state index in [9.17, 15) is 4.79 Å². The molecule has 4 heteroatoms. The summed E-state index contributed by atoms with van der Waals surface area (Å²) in [5, 5.41) is 0.705. The monoisotopic (exact) mass is 379 g/mol. The van der Waals surface area contributed by atoms with Crippen LogP contribution in [-0.4, -0.2) is 11.7 Å². The van der Waals surface area contributed by atoms with Gasteiger partial charge >= 0.3 is 0 Å². The van der Waals surface area contributed by atoms with Crippen LogP contribution in [0.4, 0.5) is 11.4 Å². The van der Waals surface area contributed by atoms with Gasteiger partial charge in [0.25, 0.3) is 0 Å². The van der Waals surface area contributed by atoms with Crippen molar-refractivity contribution in [3.8, 4) is 0 Å². The summed E-state index contributed by atoms with van der Waals surface area (Å²) in [5.74, 6) is 0.469. The Balaban J connectivity index is 1.65. The van der Waals surface area contributed by atoms with Gasteiger partial charge < -0.3 is 0 Å². The average molecular weight is 380 g/mol. The zero-order chi connectivity index (χ0) is 17.9.